The van der Waals surface area contributed by atoms with Gasteiger partial charge < -0.3 is 14.7 Å². The van der Waals surface area contributed by atoms with Gasteiger partial charge in [0.1, 0.15) is 12.7 Å². The van der Waals surface area contributed by atoms with Crippen LogP contribution in [0, 0.1) is 0 Å². The highest BCUT2D eigenvalue weighted by molar-refractivity contribution is 7.58. The Hall–Kier alpha value is 0.110. The first-order valence-electron chi connectivity index (χ1n) is 2.04. The van der Waals surface area contributed by atoms with Crippen molar-refractivity contribution in [1.82, 2.24) is 0 Å². The molecule has 0 aromatic carbocycles. The summed E-state index contributed by atoms with van der Waals surface area (Å²) < 4.78 is 14.9. The number of hydrogen-bond acceptors (Lipinski definition) is 4. The molecule has 0 saturated heterocycles. The van der Waals surface area contributed by atoms with E-state index in [1.54, 1.807) is 0 Å². The summed E-state index contributed by atoms with van der Waals surface area (Å²) in [6, 6.07) is 0. The smallest absolute Gasteiger partial charge is 0.251 e. The average molecular weight is 140 g/mol. The van der Waals surface area contributed by atoms with E-state index in [0.29, 0.717) is 0 Å². The Kier molecular flexibility index (Phi) is 3.24. The molecule has 50 valence electrons. The molecule has 0 aromatic heterocycles. The molecule has 0 rings (SSSR count). The van der Waals surface area contributed by atoms with Crippen LogP contribution in [0.3, 0.4) is 0 Å². The summed E-state index contributed by atoms with van der Waals surface area (Å²) in [7, 11) is -1.86. The van der Waals surface area contributed by atoms with E-state index >= 15 is 0 Å². The molecular formula is C3H9O4P. The van der Waals surface area contributed by atoms with Gasteiger partial charge in [0.15, 0.2) is 0 Å². The summed E-state index contributed by atoms with van der Waals surface area (Å²) in [4.78, 5) is 0. The molecule has 0 radical (unpaired) electrons. The molecule has 0 spiro atoms. The second kappa shape index (κ2) is 3.20. The fourth-order valence-corrected chi connectivity index (χ4v) is 0.481. The summed E-state index contributed by atoms with van der Waals surface area (Å²) in [5.74, 6) is 0. The van der Waals surface area contributed by atoms with Crippen LogP contribution in [0.25, 0.3) is 0 Å². The Labute approximate surface area is 47.5 Å². The first-order chi connectivity index (χ1) is 3.68. The van der Waals surface area contributed by atoms with Crippen molar-refractivity contribution in [2.75, 3.05) is 19.8 Å². The Bertz CT molecular complexity index is 82.4. The second-order valence-corrected chi connectivity index (χ2v) is 3.84. The third-order valence-corrected chi connectivity index (χ3v) is 2.29. The Morgan fingerprint density at radius 2 is 1.88 bits per heavy atom. The molecule has 0 bridgehead atoms. The molecule has 5 heteroatoms. The molecule has 0 amide bonds. The molecule has 0 aromatic rings. The van der Waals surface area contributed by atoms with Gasteiger partial charge in [0.2, 0.25) is 0 Å². The van der Waals surface area contributed by atoms with Crippen LogP contribution in [0.1, 0.15) is 0 Å². The highest BCUT2D eigenvalue weighted by Gasteiger charge is 2.17. The average Bonchev–Trinajstić information content (AvgIpc) is 1.87. The van der Waals surface area contributed by atoms with Crippen LogP contribution in [0.4, 0.5) is 0 Å². The van der Waals surface area contributed by atoms with Crippen LogP contribution in [0.5, 0.6) is 0 Å². The van der Waals surface area contributed by atoms with Crippen molar-refractivity contribution in [1.29, 1.82) is 0 Å². The fraction of sp³-hybridized carbons (Fsp3) is 1.00. The van der Waals surface area contributed by atoms with Crippen LogP contribution in [-0.2, 0) is 9.09 Å². The number of hydrogen-bond donors (Lipinski definition) is 2. The molecule has 0 saturated carbocycles. The highest BCUT2D eigenvalue weighted by Crippen LogP contribution is 2.42. The monoisotopic (exact) mass is 140 g/mol. The minimum Gasteiger partial charge on any atom is -0.386 e. The lowest BCUT2D eigenvalue weighted by molar-refractivity contribution is 0.273. The van der Waals surface area contributed by atoms with E-state index in [1.165, 1.54) is 7.11 Å². The third kappa shape index (κ3) is 1.92. The zero-order valence-corrected chi connectivity index (χ0v) is 5.47. The Morgan fingerprint density at radius 3 is 1.88 bits per heavy atom. The minimum atomic E-state index is -3.05. The topological polar surface area (TPSA) is 66.8 Å². The van der Waals surface area contributed by atoms with E-state index < -0.39 is 20.1 Å². The van der Waals surface area contributed by atoms with Crippen molar-refractivity contribution in [3.05, 3.63) is 0 Å². The lowest BCUT2D eigenvalue weighted by Crippen LogP contribution is -1.94. The van der Waals surface area contributed by atoms with Crippen LogP contribution >= 0.6 is 7.37 Å². The Morgan fingerprint density at radius 1 is 1.50 bits per heavy atom. The van der Waals surface area contributed by atoms with Gasteiger partial charge in [-0.25, -0.2) is 0 Å². The third-order valence-electron chi connectivity index (χ3n) is 0.764. The summed E-state index contributed by atoms with van der Waals surface area (Å²) in [5.41, 5.74) is 0. The maximum atomic E-state index is 10.6. The zero-order valence-electron chi connectivity index (χ0n) is 4.57. The first kappa shape index (κ1) is 8.11. The molecule has 0 heterocycles. The largest absolute Gasteiger partial charge is 0.386 e. The lowest BCUT2D eigenvalue weighted by Gasteiger charge is -2.07. The molecule has 0 aliphatic heterocycles. The van der Waals surface area contributed by atoms with Gasteiger partial charge in [-0.1, -0.05) is 0 Å². The zero-order chi connectivity index (χ0) is 6.62. The molecule has 0 fully saturated rings. The van der Waals surface area contributed by atoms with Gasteiger partial charge >= 0.3 is 0 Å². The van der Waals surface area contributed by atoms with Crippen LogP contribution in [-0.4, -0.2) is 30.0 Å². The predicted molar refractivity (Wildman–Crippen MR) is 28.8 cm³/mol. The lowest BCUT2D eigenvalue weighted by atomic mass is 11.7. The van der Waals surface area contributed by atoms with E-state index in [1.807, 2.05) is 0 Å². The number of aliphatic hydroxyl groups excluding tert-OH is 2. The van der Waals surface area contributed by atoms with Crippen molar-refractivity contribution in [3.8, 4) is 0 Å². The van der Waals surface area contributed by atoms with Crippen molar-refractivity contribution < 1.29 is 19.3 Å². The maximum absolute atomic E-state index is 10.6. The van der Waals surface area contributed by atoms with Crippen LogP contribution in [0.15, 0.2) is 0 Å². The summed E-state index contributed by atoms with van der Waals surface area (Å²) in [5, 5.41) is 16.5. The van der Waals surface area contributed by atoms with E-state index in [2.05, 4.69) is 4.52 Å². The van der Waals surface area contributed by atoms with Gasteiger partial charge in [0, 0.05) is 7.11 Å². The van der Waals surface area contributed by atoms with Gasteiger partial charge in [-0.2, -0.15) is 0 Å². The second-order valence-electron chi connectivity index (χ2n) is 1.28. The maximum Gasteiger partial charge on any atom is 0.251 e. The molecule has 0 atom stereocenters. The summed E-state index contributed by atoms with van der Waals surface area (Å²) >= 11 is 0. The number of rotatable bonds is 3. The molecule has 0 unspecified atom stereocenters. The standard InChI is InChI=1S/C3H9O4P/c1-7-8(6,2-4)3-5/h4-5H,2-3H2,1H3. The van der Waals surface area contributed by atoms with Crippen molar-refractivity contribution in [3.63, 3.8) is 0 Å². The molecule has 4 nitrogen and oxygen atoms in total. The number of aliphatic hydroxyl groups is 2. The SMILES string of the molecule is COP(=O)(CO)CO. The Balaban J connectivity index is 3.79. The quantitative estimate of drug-likeness (QED) is 0.533. The molecule has 0 aliphatic rings. The van der Waals surface area contributed by atoms with Crippen molar-refractivity contribution in [2.24, 2.45) is 0 Å². The van der Waals surface area contributed by atoms with E-state index in [0.717, 1.165) is 0 Å². The van der Waals surface area contributed by atoms with Gasteiger partial charge in [-0.3, -0.25) is 4.57 Å². The van der Waals surface area contributed by atoms with Gasteiger partial charge in [0.05, 0.1) is 0 Å². The molecule has 8 heavy (non-hydrogen) atoms. The van der Waals surface area contributed by atoms with Crippen LogP contribution < -0.4 is 0 Å². The predicted octanol–water partition coefficient (Wildman–Crippen LogP) is -0.190. The minimum absolute atomic E-state index is 0.597. The highest BCUT2D eigenvalue weighted by atomic mass is 31.2. The normalized spacial score (nSPS) is 11.9. The summed E-state index contributed by atoms with van der Waals surface area (Å²) in [6.45, 7) is 0. The first-order valence-corrected chi connectivity index (χ1v) is 4.03. The van der Waals surface area contributed by atoms with Crippen molar-refractivity contribution >= 4 is 7.37 Å². The molecule has 0 aliphatic carbocycles. The van der Waals surface area contributed by atoms with E-state index in [4.69, 9.17) is 10.2 Å². The van der Waals surface area contributed by atoms with Gasteiger partial charge in [0.25, 0.3) is 7.37 Å². The van der Waals surface area contributed by atoms with Gasteiger partial charge in [-0.05, 0) is 0 Å². The van der Waals surface area contributed by atoms with E-state index in [9.17, 15) is 4.57 Å². The van der Waals surface area contributed by atoms with Crippen LogP contribution in [0.2, 0.25) is 0 Å². The molecule has 2 N–H and O–H groups in total. The van der Waals surface area contributed by atoms with Crippen molar-refractivity contribution in [2.45, 2.75) is 0 Å². The molecular weight excluding hydrogens is 131 g/mol. The van der Waals surface area contributed by atoms with Gasteiger partial charge in [-0.15, -0.1) is 0 Å². The fourth-order valence-electron chi connectivity index (χ4n) is 0.160. The van der Waals surface area contributed by atoms with E-state index in [-0.39, 0.29) is 0 Å². The summed E-state index contributed by atoms with van der Waals surface area (Å²) in [6.07, 6.45) is -1.19.